The van der Waals surface area contributed by atoms with Crippen LogP contribution in [0.4, 0.5) is 5.13 Å². The molecule has 0 N–H and O–H groups in total. The van der Waals surface area contributed by atoms with Crippen molar-refractivity contribution in [3.05, 3.63) is 34.2 Å². The number of furan rings is 1. The zero-order valence-corrected chi connectivity index (χ0v) is 13.4. The van der Waals surface area contributed by atoms with E-state index in [1.165, 1.54) is 4.88 Å². The zero-order chi connectivity index (χ0) is 15.0. The van der Waals surface area contributed by atoms with E-state index >= 15 is 0 Å². The molecule has 6 heteroatoms. The third-order valence-electron chi connectivity index (χ3n) is 3.72. The first-order valence-corrected chi connectivity index (χ1v) is 7.90. The van der Waals surface area contributed by atoms with Gasteiger partial charge in [-0.05, 0) is 26.8 Å². The molecule has 0 bridgehead atoms. The molecule has 0 atom stereocenters. The van der Waals surface area contributed by atoms with E-state index in [1.807, 2.05) is 31.0 Å². The largest absolute Gasteiger partial charge is 0.466 e. The van der Waals surface area contributed by atoms with Gasteiger partial charge in [-0.25, -0.2) is 4.98 Å². The van der Waals surface area contributed by atoms with Crippen molar-refractivity contribution in [1.29, 1.82) is 0 Å². The van der Waals surface area contributed by atoms with E-state index < -0.39 is 0 Å². The number of rotatable bonds is 2. The Bertz CT molecular complexity index is 654. The van der Waals surface area contributed by atoms with Crippen LogP contribution in [0.5, 0.6) is 0 Å². The van der Waals surface area contributed by atoms with Crippen LogP contribution >= 0.6 is 11.3 Å². The summed E-state index contributed by atoms with van der Waals surface area (Å²) < 4.78 is 5.45. The Morgan fingerprint density at radius 3 is 2.48 bits per heavy atom. The zero-order valence-electron chi connectivity index (χ0n) is 12.5. The smallest absolute Gasteiger partial charge is 0.257 e. The minimum Gasteiger partial charge on any atom is -0.466 e. The fourth-order valence-electron chi connectivity index (χ4n) is 2.60. The second kappa shape index (κ2) is 5.52. The van der Waals surface area contributed by atoms with Gasteiger partial charge < -0.3 is 14.2 Å². The third-order valence-corrected chi connectivity index (χ3v) is 4.69. The van der Waals surface area contributed by atoms with Crippen LogP contribution in [0.3, 0.4) is 0 Å². The molecule has 3 heterocycles. The number of nitrogens with zero attached hydrogens (tertiary/aromatic N) is 3. The first kappa shape index (κ1) is 14.1. The number of hydrogen-bond donors (Lipinski definition) is 0. The molecule has 5 nitrogen and oxygen atoms in total. The van der Waals surface area contributed by atoms with Crippen LogP contribution in [0.2, 0.25) is 0 Å². The maximum absolute atomic E-state index is 12.5. The summed E-state index contributed by atoms with van der Waals surface area (Å²) in [6, 6.07) is 1.83. The minimum absolute atomic E-state index is 0.0688. The number of amides is 1. The summed E-state index contributed by atoms with van der Waals surface area (Å²) in [5.74, 6) is 1.56. The van der Waals surface area contributed by atoms with E-state index in [-0.39, 0.29) is 5.91 Å². The van der Waals surface area contributed by atoms with Crippen molar-refractivity contribution in [3.63, 3.8) is 0 Å². The molecule has 0 aromatic carbocycles. The number of piperazine rings is 1. The highest BCUT2D eigenvalue weighted by Crippen LogP contribution is 2.23. The summed E-state index contributed by atoms with van der Waals surface area (Å²) in [6.07, 6.45) is 1.90. The van der Waals surface area contributed by atoms with Crippen molar-refractivity contribution in [2.75, 3.05) is 31.1 Å². The second-order valence-electron chi connectivity index (χ2n) is 5.36. The van der Waals surface area contributed by atoms with Crippen LogP contribution < -0.4 is 4.90 Å². The fraction of sp³-hybridized carbons (Fsp3) is 0.467. The van der Waals surface area contributed by atoms with Crippen LogP contribution in [-0.4, -0.2) is 42.0 Å². The van der Waals surface area contributed by atoms with Crippen molar-refractivity contribution >= 4 is 22.4 Å². The summed E-state index contributed by atoms with van der Waals surface area (Å²) in [5.41, 5.74) is 0.686. The molecule has 1 aliphatic rings. The molecule has 1 amide bonds. The monoisotopic (exact) mass is 305 g/mol. The Morgan fingerprint density at radius 2 is 1.95 bits per heavy atom. The van der Waals surface area contributed by atoms with E-state index in [0.29, 0.717) is 11.3 Å². The summed E-state index contributed by atoms with van der Waals surface area (Å²) in [5, 5.41) is 1.05. The lowest BCUT2D eigenvalue weighted by Crippen LogP contribution is -2.48. The van der Waals surface area contributed by atoms with Crippen molar-refractivity contribution in [2.24, 2.45) is 0 Å². The van der Waals surface area contributed by atoms with Crippen LogP contribution in [0, 0.1) is 20.8 Å². The van der Waals surface area contributed by atoms with Gasteiger partial charge in [0.1, 0.15) is 11.5 Å². The van der Waals surface area contributed by atoms with Gasteiger partial charge in [-0.1, -0.05) is 0 Å². The standard InChI is InChI=1S/C15H19N3O2S/c1-10-8-13(12(3)20-10)14(19)17-4-6-18(7-5-17)15-16-9-11(2)21-15/h8-9H,4-7H2,1-3H3. The van der Waals surface area contributed by atoms with Gasteiger partial charge in [-0.3, -0.25) is 4.79 Å². The van der Waals surface area contributed by atoms with Crippen molar-refractivity contribution < 1.29 is 9.21 Å². The molecule has 0 saturated carbocycles. The van der Waals surface area contributed by atoms with Crippen molar-refractivity contribution in [3.8, 4) is 0 Å². The quantitative estimate of drug-likeness (QED) is 0.856. The topological polar surface area (TPSA) is 49.6 Å². The summed E-state index contributed by atoms with van der Waals surface area (Å²) >= 11 is 1.70. The van der Waals surface area contributed by atoms with Crippen LogP contribution in [0.1, 0.15) is 26.8 Å². The molecular formula is C15H19N3O2S. The van der Waals surface area contributed by atoms with Gasteiger partial charge in [-0.15, -0.1) is 11.3 Å². The van der Waals surface area contributed by atoms with E-state index in [9.17, 15) is 4.79 Å². The SMILES string of the molecule is Cc1cc(C(=O)N2CCN(c3ncc(C)s3)CC2)c(C)o1. The van der Waals surface area contributed by atoms with E-state index in [4.69, 9.17) is 4.42 Å². The van der Waals surface area contributed by atoms with Crippen LogP contribution in [-0.2, 0) is 0 Å². The third kappa shape index (κ3) is 2.81. The van der Waals surface area contributed by atoms with Gasteiger partial charge in [-0.2, -0.15) is 0 Å². The number of aryl methyl sites for hydroxylation is 3. The lowest BCUT2D eigenvalue weighted by molar-refractivity contribution is 0.0745. The first-order chi connectivity index (χ1) is 10.0. The maximum atomic E-state index is 12.5. The summed E-state index contributed by atoms with van der Waals surface area (Å²) in [4.78, 5) is 22.3. The Balaban J connectivity index is 1.65. The molecule has 0 aliphatic carbocycles. The van der Waals surface area contributed by atoms with Gasteiger partial charge >= 0.3 is 0 Å². The van der Waals surface area contributed by atoms with Gasteiger partial charge in [0.2, 0.25) is 0 Å². The number of thiazole rings is 1. The molecule has 1 saturated heterocycles. The van der Waals surface area contributed by atoms with Crippen molar-refractivity contribution in [1.82, 2.24) is 9.88 Å². The molecule has 0 unspecified atom stereocenters. The normalized spacial score (nSPS) is 15.6. The Hall–Kier alpha value is -1.82. The Morgan fingerprint density at radius 1 is 1.24 bits per heavy atom. The Kier molecular flexibility index (Phi) is 3.71. The number of anilines is 1. The second-order valence-corrected chi connectivity index (χ2v) is 6.57. The average Bonchev–Trinajstić information content (AvgIpc) is 3.04. The summed E-state index contributed by atoms with van der Waals surface area (Å²) in [7, 11) is 0. The summed E-state index contributed by atoms with van der Waals surface area (Å²) in [6.45, 7) is 8.87. The number of carbonyl (C=O) groups excluding carboxylic acids is 1. The lowest BCUT2D eigenvalue weighted by Gasteiger charge is -2.34. The van der Waals surface area contributed by atoms with Crippen LogP contribution in [0.25, 0.3) is 0 Å². The Labute approximate surface area is 128 Å². The lowest BCUT2D eigenvalue weighted by atomic mass is 10.2. The molecule has 3 rings (SSSR count). The number of hydrogen-bond acceptors (Lipinski definition) is 5. The number of carbonyl (C=O) groups is 1. The number of aromatic nitrogens is 1. The molecule has 1 fully saturated rings. The van der Waals surface area contributed by atoms with Gasteiger partial charge in [0.15, 0.2) is 5.13 Å². The molecule has 2 aromatic rings. The fourth-order valence-corrected chi connectivity index (χ4v) is 3.41. The van der Waals surface area contributed by atoms with Gasteiger partial charge in [0.25, 0.3) is 5.91 Å². The first-order valence-electron chi connectivity index (χ1n) is 7.08. The highest BCUT2D eigenvalue weighted by atomic mass is 32.1. The molecule has 0 radical (unpaired) electrons. The predicted octanol–water partition coefficient (Wildman–Crippen LogP) is 2.62. The molecule has 1 aliphatic heterocycles. The van der Waals surface area contributed by atoms with E-state index in [2.05, 4.69) is 16.8 Å². The van der Waals surface area contributed by atoms with Gasteiger partial charge in [0.05, 0.1) is 5.56 Å². The maximum Gasteiger partial charge on any atom is 0.257 e. The molecular weight excluding hydrogens is 286 g/mol. The highest BCUT2D eigenvalue weighted by Gasteiger charge is 2.25. The highest BCUT2D eigenvalue weighted by molar-refractivity contribution is 7.15. The van der Waals surface area contributed by atoms with Gasteiger partial charge in [0, 0.05) is 37.3 Å². The van der Waals surface area contributed by atoms with E-state index in [0.717, 1.165) is 37.1 Å². The van der Waals surface area contributed by atoms with Crippen LogP contribution in [0.15, 0.2) is 16.7 Å². The molecule has 2 aromatic heterocycles. The molecule has 0 spiro atoms. The molecule has 112 valence electrons. The van der Waals surface area contributed by atoms with Crippen molar-refractivity contribution in [2.45, 2.75) is 20.8 Å². The average molecular weight is 305 g/mol. The molecule has 21 heavy (non-hydrogen) atoms. The minimum atomic E-state index is 0.0688. The van der Waals surface area contributed by atoms with E-state index in [1.54, 1.807) is 11.3 Å². The predicted molar refractivity (Wildman–Crippen MR) is 83.1 cm³/mol.